The van der Waals surface area contributed by atoms with Crippen molar-refractivity contribution in [2.24, 2.45) is 10.2 Å². The number of carbonyl (C=O) groups excluding carboxylic acids is 1. The lowest BCUT2D eigenvalue weighted by Crippen LogP contribution is -2.43. The van der Waals surface area contributed by atoms with E-state index in [4.69, 9.17) is 4.74 Å². The number of alkyl halides is 3. The normalized spacial score (nSPS) is 18.2. The Kier molecular flexibility index (Phi) is 3.90. The highest BCUT2D eigenvalue weighted by Gasteiger charge is 2.43. The Morgan fingerprint density at radius 1 is 1.22 bits per heavy atom. The number of aromatic nitrogens is 2. The molecule has 0 saturated heterocycles. The number of hydrogen-bond donors (Lipinski definition) is 0. The van der Waals surface area contributed by atoms with E-state index in [-0.39, 0.29) is 11.3 Å². The molecule has 2 aliphatic heterocycles. The highest BCUT2D eigenvalue weighted by Crippen LogP contribution is 2.44. The molecular formula is C17H12F3N5O2. The van der Waals surface area contributed by atoms with Gasteiger partial charge in [0.05, 0.1) is 36.5 Å². The number of nitrogens with zero attached hydrogens (tertiary/aromatic N) is 5. The molecule has 10 heteroatoms. The quantitative estimate of drug-likeness (QED) is 0.823. The molecule has 0 aliphatic carbocycles. The predicted octanol–water partition coefficient (Wildman–Crippen LogP) is 3.45. The van der Waals surface area contributed by atoms with Crippen molar-refractivity contribution in [3.8, 4) is 17.0 Å². The zero-order chi connectivity index (χ0) is 19.2. The number of methoxy groups -OCH3 is 1. The highest BCUT2D eigenvalue weighted by molar-refractivity contribution is 6.10. The molecule has 27 heavy (non-hydrogen) atoms. The average molecular weight is 375 g/mol. The van der Waals surface area contributed by atoms with Gasteiger partial charge in [-0.1, -0.05) is 0 Å². The van der Waals surface area contributed by atoms with Gasteiger partial charge in [-0.25, -0.2) is 0 Å². The van der Waals surface area contributed by atoms with Gasteiger partial charge in [0.25, 0.3) is 5.91 Å². The van der Waals surface area contributed by atoms with Crippen molar-refractivity contribution in [3.63, 3.8) is 0 Å². The number of anilines is 1. The van der Waals surface area contributed by atoms with Crippen molar-refractivity contribution >= 4 is 11.6 Å². The van der Waals surface area contributed by atoms with E-state index in [0.29, 0.717) is 27.5 Å². The molecule has 0 aromatic carbocycles. The van der Waals surface area contributed by atoms with E-state index < -0.39 is 24.7 Å². The lowest BCUT2D eigenvalue weighted by Gasteiger charge is -2.32. The minimum absolute atomic E-state index is 0.101. The van der Waals surface area contributed by atoms with Gasteiger partial charge in [0.2, 0.25) is 0 Å². The van der Waals surface area contributed by atoms with Crippen molar-refractivity contribution in [2.75, 3.05) is 18.6 Å². The molecule has 4 heterocycles. The molecule has 0 spiro atoms. The lowest BCUT2D eigenvalue weighted by molar-refractivity contribution is -0.130. The van der Waals surface area contributed by atoms with Crippen LogP contribution in [0.2, 0.25) is 0 Å². The van der Waals surface area contributed by atoms with Crippen LogP contribution in [0.5, 0.6) is 5.75 Å². The Balaban J connectivity index is 1.84. The number of amides is 1. The van der Waals surface area contributed by atoms with Gasteiger partial charge >= 0.3 is 6.18 Å². The molecule has 0 saturated carbocycles. The molecule has 2 aliphatic rings. The fourth-order valence-corrected chi connectivity index (χ4v) is 3.03. The van der Waals surface area contributed by atoms with Crippen molar-refractivity contribution in [3.05, 3.63) is 48.1 Å². The molecule has 0 radical (unpaired) electrons. The van der Waals surface area contributed by atoms with Crippen LogP contribution < -0.4 is 9.64 Å². The van der Waals surface area contributed by atoms with Crippen LogP contribution in [0.4, 0.5) is 18.9 Å². The minimum Gasteiger partial charge on any atom is -0.495 e. The van der Waals surface area contributed by atoms with Crippen molar-refractivity contribution < 1.29 is 22.7 Å². The number of halogens is 3. The second-order valence-electron chi connectivity index (χ2n) is 5.97. The molecule has 1 unspecified atom stereocenters. The zero-order valence-electron chi connectivity index (χ0n) is 13.9. The number of ether oxygens (including phenoxy) is 1. The van der Waals surface area contributed by atoms with Crippen molar-refractivity contribution in [1.82, 2.24) is 9.97 Å². The van der Waals surface area contributed by atoms with Crippen LogP contribution in [0.25, 0.3) is 11.3 Å². The number of hydrogen-bond acceptors (Lipinski definition) is 6. The van der Waals surface area contributed by atoms with Gasteiger partial charge in [0, 0.05) is 23.5 Å². The van der Waals surface area contributed by atoms with E-state index in [2.05, 4.69) is 20.2 Å². The fourth-order valence-electron chi connectivity index (χ4n) is 3.03. The van der Waals surface area contributed by atoms with Gasteiger partial charge < -0.3 is 4.74 Å². The van der Waals surface area contributed by atoms with Crippen LogP contribution in [0.15, 0.2) is 52.7 Å². The first-order chi connectivity index (χ1) is 12.9. The molecule has 2 aromatic rings. The van der Waals surface area contributed by atoms with Crippen LogP contribution in [0, 0.1) is 0 Å². The Hall–Kier alpha value is -3.30. The summed E-state index contributed by atoms with van der Waals surface area (Å²) in [6, 6.07) is 2.35. The summed E-state index contributed by atoms with van der Waals surface area (Å²) in [4.78, 5) is 21.6. The number of azo groups is 1. The third kappa shape index (κ3) is 3.03. The Labute approximate surface area is 151 Å². The monoisotopic (exact) mass is 375 g/mol. The largest absolute Gasteiger partial charge is 0.495 e. The summed E-state index contributed by atoms with van der Waals surface area (Å²) in [7, 11) is 1.48. The summed E-state index contributed by atoms with van der Waals surface area (Å²) in [6.07, 6.45) is 1.06. The number of carbonyl (C=O) groups is 1. The maximum absolute atomic E-state index is 13.1. The van der Waals surface area contributed by atoms with Crippen LogP contribution in [-0.2, 0) is 4.79 Å². The molecule has 4 rings (SSSR count). The molecule has 1 amide bonds. The first-order valence-electron chi connectivity index (χ1n) is 7.85. The lowest BCUT2D eigenvalue weighted by atomic mass is 9.93. The molecule has 0 fully saturated rings. The molecule has 2 aromatic heterocycles. The van der Waals surface area contributed by atoms with E-state index >= 15 is 0 Å². The zero-order valence-corrected chi connectivity index (χ0v) is 13.9. The molecular weight excluding hydrogens is 363 g/mol. The average Bonchev–Trinajstić information content (AvgIpc) is 3.14. The Morgan fingerprint density at radius 3 is 2.78 bits per heavy atom. The van der Waals surface area contributed by atoms with Gasteiger partial charge in [0.15, 0.2) is 0 Å². The predicted molar refractivity (Wildman–Crippen MR) is 88.1 cm³/mol. The number of fused-ring (bicyclic) bond motifs is 3. The van der Waals surface area contributed by atoms with Gasteiger partial charge in [-0.15, -0.1) is 0 Å². The summed E-state index contributed by atoms with van der Waals surface area (Å²) in [5.41, 5.74) is 1.51. The van der Waals surface area contributed by atoms with Crippen LogP contribution >= 0.6 is 0 Å². The summed E-state index contributed by atoms with van der Waals surface area (Å²) in [5, 5.41) is 7.63. The second-order valence-corrected chi connectivity index (χ2v) is 5.97. The van der Waals surface area contributed by atoms with E-state index in [1.807, 2.05) is 0 Å². The fraction of sp³-hybridized carbons (Fsp3) is 0.235. The number of rotatable bonds is 3. The van der Waals surface area contributed by atoms with Gasteiger partial charge in [-0.05, 0) is 12.1 Å². The maximum atomic E-state index is 13.1. The first-order valence-corrected chi connectivity index (χ1v) is 7.85. The van der Waals surface area contributed by atoms with Crippen molar-refractivity contribution in [2.45, 2.75) is 12.2 Å². The molecule has 0 bridgehead atoms. The second kappa shape index (κ2) is 6.15. The topological polar surface area (TPSA) is 80.0 Å². The van der Waals surface area contributed by atoms with Gasteiger partial charge in [-0.2, -0.15) is 23.4 Å². The Morgan fingerprint density at radius 2 is 2.04 bits per heavy atom. The Bertz CT molecular complexity index is 987. The minimum atomic E-state index is -4.56. The van der Waals surface area contributed by atoms with E-state index in [1.165, 1.54) is 38.0 Å². The summed E-state index contributed by atoms with van der Waals surface area (Å²) >= 11 is 0. The molecule has 0 N–H and O–H groups in total. The standard InChI is InChI=1S/C17H12F3N5O2/c1-27-10-2-9(4-21-5-10)13-3-14-11(6-22-13)15-12(7-23-24-15)16(26)25(14)8-17(18,19)20/h2-7,15H,8H2,1H3. The first kappa shape index (κ1) is 17.1. The van der Waals surface area contributed by atoms with Crippen LogP contribution in [-0.4, -0.2) is 35.7 Å². The summed E-state index contributed by atoms with van der Waals surface area (Å²) in [5.74, 6) is -0.291. The van der Waals surface area contributed by atoms with Crippen LogP contribution in [0.3, 0.4) is 0 Å². The SMILES string of the molecule is COc1cncc(-c2cc3c(cn2)C2N=NC=C2C(=O)N3CC(F)(F)F)c1. The maximum Gasteiger partial charge on any atom is 0.406 e. The molecule has 1 atom stereocenters. The van der Waals surface area contributed by atoms with E-state index in [0.717, 1.165) is 0 Å². The number of pyridine rings is 2. The third-order valence-corrected chi connectivity index (χ3v) is 4.24. The summed E-state index contributed by atoms with van der Waals surface area (Å²) < 4.78 is 44.3. The van der Waals surface area contributed by atoms with Gasteiger partial charge in [0.1, 0.15) is 18.3 Å². The smallest absolute Gasteiger partial charge is 0.406 e. The highest BCUT2D eigenvalue weighted by atomic mass is 19.4. The summed E-state index contributed by atoms with van der Waals surface area (Å²) in [6.45, 7) is -1.41. The van der Waals surface area contributed by atoms with E-state index in [1.54, 1.807) is 6.07 Å². The molecule has 138 valence electrons. The third-order valence-electron chi connectivity index (χ3n) is 4.24. The molecule has 7 nitrogen and oxygen atoms in total. The van der Waals surface area contributed by atoms with Gasteiger partial charge in [-0.3, -0.25) is 19.7 Å². The van der Waals surface area contributed by atoms with Crippen LogP contribution in [0.1, 0.15) is 11.6 Å². The van der Waals surface area contributed by atoms with Crippen molar-refractivity contribution in [1.29, 1.82) is 0 Å². The van der Waals surface area contributed by atoms with E-state index in [9.17, 15) is 18.0 Å².